The summed E-state index contributed by atoms with van der Waals surface area (Å²) in [5.74, 6) is 0. The summed E-state index contributed by atoms with van der Waals surface area (Å²) in [6.07, 6.45) is 0. The number of nitrogens with one attached hydrogen (secondary N) is 1. The molecular formula is C11H10BrClN2O2S2. The lowest BCUT2D eigenvalue weighted by molar-refractivity contribution is 0.582. The van der Waals surface area contributed by atoms with Crippen LogP contribution in [0.5, 0.6) is 0 Å². The molecule has 0 aliphatic rings. The number of hydrogen-bond acceptors (Lipinski definition) is 4. The van der Waals surface area contributed by atoms with E-state index in [1.807, 2.05) is 11.4 Å². The normalized spacial score (nSPS) is 11.7. The van der Waals surface area contributed by atoms with Crippen LogP contribution >= 0.6 is 38.9 Å². The number of rotatable bonds is 4. The molecule has 0 amide bonds. The van der Waals surface area contributed by atoms with E-state index in [4.69, 9.17) is 17.3 Å². The Morgan fingerprint density at radius 3 is 2.68 bits per heavy atom. The van der Waals surface area contributed by atoms with Crippen LogP contribution in [-0.4, -0.2) is 8.42 Å². The van der Waals surface area contributed by atoms with Crippen LogP contribution < -0.4 is 10.5 Å². The van der Waals surface area contributed by atoms with Gasteiger partial charge >= 0.3 is 0 Å². The predicted octanol–water partition coefficient (Wildman–Crippen LogP) is 3.22. The molecule has 102 valence electrons. The van der Waals surface area contributed by atoms with Crippen molar-refractivity contribution in [2.75, 3.05) is 5.73 Å². The van der Waals surface area contributed by atoms with Crippen LogP contribution in [0, 0.1) is 0 Å². The smallest absolute Gasteiger partial charge is 0.240 e. The van der Waals surface area contributed by atoms with Crippen LogP contribution in [0.3, 0.4) is 0 Å². The topological polar surface area (TPSA) is 72.2 Å². The third-order valence-electron chi connectivity index (χ3n) is 2.39. The SMILES string of the molecule is Nc1cc(S(=O)(=O)NCc2sccc2Br)ccc1Cl. The molecule has 4 nitrogen and oxygen atoms in total. The highest BCUT2D eigenvalue weighted by atomic mass is 79.9. The van der Waals surface area contributed by atoms with E-state index in [-0.39, 0.29) is 17.1 Å². The van der Waals surface area contributed by atoms with Crippen molar-refractivity contribution < 1.29 is 8.42 Å². The molecule has 0 atom stereocenters. The summed E-state index contributed by atoms with van der Waals surface area (Å²) >= 11 is 10.6. The molecule has 0 radical (unpaired) electrons. The Balaban J connectivity index is 2.18. The summed E-state index contributed by atoms with van der Waals surface area (Å²) in [5, 5.41) is 2.22. The minimum Gasteiger partial charge on any atom is -0.397 e. The van der Waals surface area contributed by atoms with Crippen LogP contribution in [0.4, 0.5) is 5.69 Å². The van der Waals surface area contributed by atoms with Crippen LogP contribution in [0.15, 0.2) is 39.0 Å². The van der Waals surface area contributed by atoms with E-state index in [0.717, 1.165) is 9.35 Å². The van der Waals surface area contributed by atoms with Gasteiger partial charge in [0.1, 0.15) is 0 Å². The lowest BCUT2D eigenvalue weighted by Crippen LogP contribution is -2.23. The van der Waals surface area contributed by atoms with Crippen molar-refractivity contribution in [2.45, 2.75) is 11.4 Å². The van der Waals surface area contributed by atoms with Gasteiger partial charge in [-0.2, -0.15) is 0 Å². The Kier molecular flexibility index (Phi) is 4.52. The fraction of sp³-hybridized carbons (Fsp3) is 0.0909. The third-order valence-corrected chi connectivity index (χ3v) is 6.06. The quantitative estimate of drug-likeness (QED) is 0.799. The summed E-state index contributed by atoms with van der Waals surface area (Å²) in [6, 6.07) is 6.10. The molecular weight excluding hydrogens is 372 g/mol. The van der Waals surface area contributed by atoms with Crippen molar-refractivity contribution in [3.8, 4) is 0 Å². The highest BCUT2D eigenvalue weighted by Gasteiger charge is 2.15. The van der Waals surface area contributed by atoms with Crippen molar-refractivity contribution >= 4 is 54.6 Å². The number of thiophene rings is 1. The first-order valence-corrected chi connectivity index (χ1v) is 8.70. The molecule has 2 rings (SSSR count). The second kappa shape index (κ2) is 5.80. The molecule has 1 aromatic heterocycles. The first-order valence-electron chi connectivity index (χ1n) is 5.17. The standard InChI is InChI=1S/C11H10BrClN2O2S2/c12-8-3-4-18-11(8)6-15-19(16,17)7-1-2-9(13)10(14)5-7/h1-5,15H,6,14H2. The lowest BCUT2D eigenvalue weighted by Gasteiger charge is -2.07. The molecule has 3 N–H and O–H groups in total. The van der Waals surface area contributed by atoms with Crippen molar-refractivity contribution in [3.63, 3.8) is 0 Å². The zero-order chi connectivity index (χ0) is 14.0. The van der Waals surface area contributed by atoms with Crippen LogP contribution in [0.1, 0.15) is 4.88 Å². The van der Waals surface area contributed by atoms with Gasteiger partial charge in [0.25, 0.3) is 0 Å². The van der Waals surface area contributed by atoms with Gasteiger partial charge in [-0.3, -0.25) is 0 Å². The summed E-state index contributed by atoms with van der Waals surface area (Å²) in [5.41, 5.74) is 5.84. The number of benzene rings is 1. The van der Waals surface area contributed by atoms with Crippen LogP contribution in [-0.2, 0) is 16.6 Å². The molecule has 0 unspecified atom stereocenters. The Labute approximate surface area is 128 Å². The maximum absolute atomic E-state index is 12.1. The summed E-state index contributed by atoms with van der Waals surface area (Å²) in [4.78, 5) is 1.01. The van der Waals surface area contributed by atoms with Gasteiger partial charge in [0.15, 0.2) is 0 Å². The zero-order valence-electron chi connectivity index (χ0n) is 9.56. The van der Waals surface area contributed by atoms with Gasteiger partial charge in [-0.15, -0.1) is 11.3 Å². The number of halogens is 2. The van der Waals surface area contributed by atoms with E-state index in [0.29, 0.717) is 5.02 Å². The number of nitrogen functional groups attached to an aromatic ring is 1. The lowest BCUT2D eigenvalue weighted by atomic mass is 10.3. The predicted molar refractivity (Wildman–Crippen MR) is 81.9 cm³/mol. The van der Waals surface area contributed by atoms with Gasteiger partial charge < -0.3 is 5.73 Å². The van der Waals surface area contributed by atoms with E-state index in [1.165, 1.54) is 29.5 Å². The monoisotopic (exact) mass is 380 g/mol. The number of hydrogen-bond donors (Lipinski definition) is 2. The van der Waals surface area contributed by atoms with Crippen LogP contribution in [0.2, 0.25) is 5.02 Å². The van der Waals surface area contributed by atoms with Crippen molar-refractivity contribution in [2.24, 2.45) is 0 Å². The molecule has 0 aliphatic heterocycles. The summed E-state index contributed by atoms with van der Waals surface area (Å²) in [6.45, 7) is 0.225. The molecule has 0 aliphatic carbocycles. The Bertz CT molecular complexity index is 700. The highest BCUT2D eigenvalue weighted by Crippen LogP contribution is 2.24. The number of nitrogens with two attached hydrogens (primary N) is 1. The van der Waals surface area contributed by atoms with Crippen LogP contribution in [0.25, 0.3) is 0 Å². The van der Waals surface area contributed by atoms with E-state index < -0.39 is 10.0 Å². The fourth-order valence-corrected chi connectivity index (χ4v) is 4.06. The average molecular weight is 382 g/mol. The molecule has 0 saturated carbocycles. The van der Waals surface area contributed by atoms with Gasteiger partial charge in [0, 0.05) is 15.9 Å². The molecule has 2 aromatic rings. The van der Waals surface area contributed by atoms with Crippen molar-refractivity contribution in [1.82, 2.24) is 4.72 Å². The maximum atomic E-state index is 12.1. The Hall–Kier alpha value is -0.600. The second-order valence-electron chi connectivity index (χ2n) is 3.70. The van der Waals surface area contributed by atoms with Gasteiger partial charge in [0.05, 0.1) is 15.6 Å². The summed E-state index contributed by atoms with van der Waals surface area (Å²) in [7, 11) is -3.60. The van der Waals surface area contributed by atoms with E-state index >= 15 is 0 Å². The Morgan fingerprint density at radius 1 is 1.37 bits per heavy atom. The highest BCUT2D eigenvalue weighted by molar-refractivity contribution is 9.10. The van der Waals surface area contributed by atoms with E-state index in [2.05, 4.69) is 20.7 Å². The molecule has 0 spiro atoms. The molecule has 0 fully saturated rings. The molecule has 19 heavy (non-hydrogen) atoms. The number of anilines is 1. The first-order chi connectivity index (χ1) is 8.90. The van der Waals surface area contributed by atoms with Crippen molar-refractivity contribution in [1.29, 1.82) is 0 Å². The zero-order valence-corrected chi connectivity index (χ0v) is 13.5. The third kappa shape index (κ3) is 3.49. The van der Waals surface area contributed by atoms with Gasteiger partial charge in [-0.1, -0.05) is 11.6 Å². The molecule has 8 heteroatoms. The van der Waals surface area contributed by atoms with Crippen molar-refractivity contribution in [3.05, 3.63) is 44.0 Å². The molecule has 1 aromatic carbocycles. The van der Waals surface area contributed by atoms with Gasteiger partial charge in [-0.25, -0.2) is 13.1 Å². The van der Waals surface area contributed by atoms with E-state index in [9.17, 15) is 8.42 Å². The van der Waals surface area contributed by atoms with E-state index in [1.54, 1.807) is 0 Å². The molecule has 1 heterocycles. The number of sulfonamides is 1. The Morgan fingerprint density at radius 2 is 2.11 bits per heavy atom. The fourth-order valence-electron chi connectivity index (χ4n) is 1.38. The molecule has 0 bridgehead atoms. The second-order valence-corrected chi connectivity index (χ2v) is 7.73. The molecule has 0 saturated heterocycles. The minimum atomic E-state index is -3.60. The average Bonchev–Trinajstić information content (AvgIpc) is 2.76. The minimum absolute atomic E-state index is 0.0991. The van der Waals surface area contributed by atoms with Gasteiger partial charge in [-0.05, 0) is 45.6 Å². The first kappa shape index (κ1) is 14.8. The summed E-state index contributed by atoms with van der Waals surface area (Å²) < 4.78 is 27.6. The van der Waals surface area contributed by atoms with Gasteiger partial charge in [0.2, 0.25) is 10.0 Å². The maximum Gasteiger partial charge on any atom is 0.240 e. The largest absolute Gasteiger partial charge is 0.397 e.